The van der Waals surface area contributed by atoms with Crippen molar-refractivity contribution in [2.75, 3.05) is 6.54 Å². The molecule has 0 amide bonds. The Morgan fingerprint density at radius 2 is 1.80 bits per heavy atom. The van der Waals surface area contributed by atoms with Crippen molar-refractivity contribution in [3.05, 3.63) is 47.5 Å². The molecular weight excluding hydrogens is 267 g/mol. The predicted molar refractivity (Wildman–Crippen MR) is 71.2 cm³/mol. The Labute approximate surface area is 116 Å². The van der Waals surface area contributed by atoms with Crippen LogP contribution in [0.3, 0.4) is 0 Å². The largest absolute Gasteiger partial charge is 0.416 e. The van der Waals surface area contributed by atoms with E-state index in [1.54, 1.807) is 0 Å². The maximum atomic E-state index is 12.7. The minimum absolute atomic E-state index is 0.223. The van der Waals surface area contributed by atoms with Crippen LogP contribution >= 0.6 is 0 Å². The van der Waals surface area contributed by atoms with Gasteiger partial charge in [-0.1, -0.05) is 24.3 Å². The van der Waals surface area contributed by atoms with Crippen molar-refractivity contribution >= 4 is 0 Å². The average molecular weight is 285 g/mol. The molecule has 0 saturated heterocycles. The van der Waals surface area contributed by atoms with Crippen molar-refractivity contribution in [1.29, 1.82) is 0 Å². The highest BCUT2D eigenvalue weighted by Crippen LogP contribution is 2.32. The molecule has 110 valence electrons. The summed E-state index contributed by atoms with van der Waals surface area (Å²) in [5.41, 5.74) is -1.80. The van der Waals surface area contributed by atoms with Gasteiger partial charge in [0.1, 0.15) is 0 Å². The molecule has 1 aliphatic carbocycles. The molecule has 0 spiro atoms. The minimum Gasteiger partial charge on any atom is -0.384 e. The van der Waals surface area contributed by atoms with E-state index in [-0.39, 0.29) is 18.2 Å². The Balaban J connectivity index is 2.08. The maximum absolute atomic E-state index is 12.7. The van der Waals surface area contributed by atoms with E-state index < -0.39 is 17.3 Å². The lowest BCUT2D eigenvalue weighted by molar-refractivity contribution is -0.137. The smallest absolute Gasteiger partial charge is 0.384 e. The van der Waals surface area contributed by atoms with Gasteiger partial charge >= 0.3 is 6.18 Å². The zero-order valence-corrected chi connectivity index (χ0v) is 11.2. The number of rotatable bonds is 4. The van der Waals surface area contributed by atoms with E-state index in [2.05, 4.69) is 17.5 Å². The van der Waals surface area contributed by atoms with Crippen LogP contribution in [0, 0.1) is 0 Å². The van der Waals surface area contributed by atoms with E-state index in [1.807, 2.05) is 0 Å². The summed E-state index contributed by atoms with van der Waals surface area (Å²) in [6.45, 7) is 1.75. The van der Waals surface area contributed by atoms with Crippen LogP contribution in [0.15, 0.2) is 36.4 Å². The van der Waals surface area contributed by atoms with Gasteiger partial charge in [0.25, 0.3) is 0 Å². The van der Waals surface area contributed by atoms with E-state index in [1.165, 1.54) is 19.1 Å². The summed E-state index contributed by atoms with van der Waals surface area (Å²) in [6, 6.07) is 5.11. The Bertz CT molecular complexity index is 486. The molecule has 2 N–H and O–H groups in total. The Morgan fingerprint density at radius 1 is 1.20 bits per heavy atom. The monoisotopic (exact) mass is 285 g/mol. The molecule has 1 aromatic carbocycles. The van der Waals surface area contributed by atoms with Gasteiger partial charge in [-0.2, -0.15) is 13.2 Å². The van der Waals surface area contributed by atoms with Gasteiger partial charge in [0.05, 0.1) is 11.2 Å². The Hall–Kier alpha value is -1.33. The van der Waals surface area contributed by atoms with E-state index in [0.717, 1.165) is 25.0 Å². The topological polar surface area (TPSA) is 32.3 Å². The lowest BCUT2D eigenvalue weighted by atomic mass is 9.94. The summed E-state index contributed by atoms with van der Waals surface area (Å²) in [5.74, 6) is 0. The second-order valence-electron chi connectivity index (χ2n) is 5.37. The number of benzene rings is 1. The third-order valence-electron chi connectivity index (χ3n) is 3.55. The summed E-state index contributed by atoms with van der Waals surface area (Å²) >= 11 is 0. The van der Waals surface area contributed by atoms with Crippen LogP contribution in [0.4, 0.5) is 13.2 Å². The minimum atomic E-state index is -4.39. The molecule has 0 aliphatic heterocycles. The quantitative estimate of drug-likeness (QED) is 0.833. The lowest BCUT2D eigenvalue weighted by Crippen LogP contribution is -2.40. The summed E-state index contributed by atoms with van der Waals surface area (Å²) in [6.07, 6.45) is 1.49. The van der Waals surface area contributed by atoms with E-state index in [4.69, 9.17) is 0 Å². The van der Waals surface area contributed by atoms with Gasteiger partial charge in [-0.3, -0.25) is 0 Å². The van der Waals surface area contributed by atoms with Crippen molar-refractivity contribution < 1.29 is 18.3 Å². The van der Waals surface area contributed by atoms with Gasteiger partial charge in [0.2, 0.25) is 0 Å². The number of aliphatic hydroxyl groups is 1. The highest BCUT2D eigenvalue weighted by molar-refractivity contribution is 5.29. The van der Waals surface area contributed by atoms with E-state index >= 15 is 0 Å². The highest BCUT2D eigenvalue weighted by atomic mass is 19.4. The standard InChI is InChI=1S/C15H18F3NO/c1-14(20,10-19-13-7-2-3-8-13)11-5-4-6-12(9-11)15(16,17)18/h2-6,9,13,19-20H,7-8,10H2,1H3. The first-order valence-electron chi connectivity index (χ1n) is 6.57. The zero-order chi connectivity index (χ0) is 14.8. The van der Waals surface area contributed by atoms with Gasteiger partial charge in [-0.15, -0.1) is 0 Å². The molecule has 20 heavy (non-hydrogen) atoms. The summed E-state index contributed by atoms with van der Waals surface area (Å²) < 4.78 is 38.0. The number of halogens is 3. The normalized spacial score (nSPS) is 19.2. The molecule has 1 unspecified atom stereocenters. The van der Waals surface area contributed by atoms with E-state index in [9.17, 15) is 18.3 Å². The highest BCUT2D eigenvalue weighted by Gasteiger charge is 2.33. The summed E-state index contributed by atoms with van der Waals surface area (Å²) in [5, 5.41) is 13.6. The number of hydrogen-bond donors (Lipinski definition) is 2. The maximum Gasteiger partial charge on any atom is 0.416 e. The molecule has 2 rings (SSSR count). The molecule has 1 atom stereocenters. The van der Waals surface area contributed by atoms with Gasteiger partial charge in [0, 0.05) is 12.6 Å². The van der Waals surface area contributed by atoms with Crippen molar-refractivity contribution in [3.63, 3.8) is 0 Å². The third kappa shape index (κ3) is 3.61. The molecule has 2 nitrogen and oxygen atoms in total. The first-order valence-corrected chi connectivity index (χ1v) is 6.57. The van der Waals surface area contributed by atoms with Crippen LogP contribution in [0.5, 0.6) is 0 Å². The average Bonchev–Trinajstić information content (AvgIpc) is 2.89. The van der Waals surface area contributed by atoms with Crippen molar-refractivity contribution in [3.8, 4) is 0 Å². The first-order chi connectivity index (χ1) is 9.29. The van der Waals surface area contributed by atoms with Crippen LogP contribution in [-0.2, 0) is 11.8 Å². The molecule has 1 aliphatic rings. The number of alkyl halides is 3. The molecular formula is C15H18F3NO. The Morgan fingerprint density at radius 3 is 2.40 bits per heavy atom. The second kappa shape index (κ2) is 5.58. The van der Waals surface area contributed by atoms with Gasteiger partial charge in [0.15, 0.2) is 0 Å². The van der Waals surface area contributed by atoms with Gasteiger partial charge in [-0.05, 0) is 37.5 Å². The predicted octanol–water partition coefficient (Wildman–Crippen LogP) is 3.22. The van der Waals surface area contributed by atoms with Crippen molar-refractivity contribution in [2.24, 2.45) is 0 Å². The molecule has 0 radical (unpaired) electrons. The first kappa shape index (κ1) is 15.1. The van der Waals surface area contributed by atoms with Crippen LogP contribution in [-0.4, -0.2) is 17.7 Å². The zero-order valence-electron chi connectivity index (χ0n) is 11.2. The van der Waals surface area contributed by atoms with Crippen LogP contribution in [0.2, 0.25) is 0 Å². The van der Waals surface area contributed by atoms with Crippen LogP contribution in [0.1, 0.15) is 30.9 Å². The molecule has 0 heterocycles. The summed E-state index contributed by atoms with van der Waals surface area (Å²) in [4.78, 5) is 0. The van der Waals surface area contributed by atoms with Crippen LogP contribution in [0.25, 0.3) is 0 Å². The van der Waals surface area contributed by atoms with Crippen LogP contribution < -0.4 is 5.32 Å². The fourth-order valence-corrected chi connectivity index (χ4v) is 2.26. The Kier molecular flexibility index (Phi) is 4.20. The van der Waals surface area contributed by atoms with Crippen molar-refractivity contribution in [1.82, 2.24) is 5.32 Å². The fraction of sp³-hybridized carbons (Fsp3) is 0.467. The molecule has 0 saturated carbocycles. The SMILES string of the molecule is CC(O)(CNC1CC=CC1)c1cccc(C(F)(F)F)c1. The molecule has 0 aromatic heterocycles. The molecule has 1 aromatic rings. The summed E-state index contributed by atoms with van der Waals surface area (Å²) in [7, 11) is 0. The number of nitrogens with one attached hydrogen (secondary N) is 1. The number of hydrogen-bond acceptors (Lipinski definition) is 2. The fourth-order valence-electron chi connectivity index (χ4n) is 2.26. The third-order valence-corrected chi connectivity index (χ3v) is 3.55. The van der Waals surface area contributed by atoms with Gasteiger partial charge < -0.3 is 10.4 Å². The molecule has 0 fully saturated rings. The van der Waals surface area contributed by atoms with Gasteiger partial charge in [-0.25, -0.2) is 0 Å². The lowest BCUT2D eigenvalue weighted by Gasteiger charge is -2.27. The van der Waals surface area contributed by atoms with Crippen molar-refractivity contribution in [2.45, 2.75) is 37.6 Å². The second-order valence-corrected chi connectivity index (χ2v) is 5.37. The van der Waals surface area contributed by atoms with E-state index in [0.29, 0.717) is 0 Å². The molecule has 5 heteroatoms. The molecule has 0 bridgehead atoms.